The number of amides is 1. The summed E-state index contributed by atoms with van der Waals surface area (Å²) in [5.41, 5.74) is -0.192. The standard InChI is InChI=1S/C19H25N3O4/c23-17(12-21-11-16(22(25)26)1-2-18(21)24)20-4-3-19-8-13-5-14(9-19)7-15(6-13)10-19/h1-2,11,13-15H,3-10,12H2,(H,20,23). The van der Waals surface area contributed by atoms with Crippen molar-refractivity contribution in [3.63, 3.8) is 0 Å². The molecule has 0 radical (unpaired) electrons. The lowest BCUT2D eigenvalue weighted by molar-refractivity contribution is -0.385. The van der Waals surface area contributed by atoms with E-state index in [2.05, 4.69) is 5.32 Å². The van der Waals surface area contributed by atoms with Crippen molar-refractivity contribution in [3.05, 3.63) is 38.8 Å². The minimum Gasteiger partial charge on any atom is -0.355 e. The van der Waals surface area contributed by atoms with Crippen LogP contribution in [0.1, 0.15) is 44.9 Å². The molecule has 0 aliphatic heterocycles. The van der Waals surface area contributed by atoms with Gasteiger partial charge in [0.15, 0.2) is 0 Å². The Kier molecular flexibility index (Phi) is 4.32. The van der Waals surface area contributed by atoms with Gasteiger partial charge in [-0.1, -0.05) is 0 Å². The van der Waals surface area contributed by atoms with Crippen molar-refractivity contribution in [3.8, 4) is 0 Å². The molecule has 1 heterocycles. The highest BCUT2D eigenvalue weighted by Gasteiger charge is 2.50. The second-order valence-electron chi connectivity index (χ2n) is 8.63. The van der Waals surface area contributed by atoms with Crippen molar-refractivity contribution >= 4 is 11.6 Å². The molecule has 0 saturated heterocycles. The van der Waals surface area contributed by atoms with E-state index in [9.17, 15) is 19.7 Å². The van der Waals surface area contributed by atoms with E-state index in [0.29, 0.717) is 12.0 Å². The van der Waals surface area contributed by atoms with Gasteiger partial charge in [0.2, 0.25) is 5.91 Å². The lowest BCUT2D eigenvalue weighted by atomic mass is 9.49. The van der Waals surface area contributed by atoms with E-state index < -0.39 is 10.5 Å². The minimum absolute atomic E-state index is 0.179. The number of aromatic nitrogens is 1. The Morgan fingerprint density at radius 1 is 1.19 bits per heavy atom. The van der Waals surface area contributed by atoms with Crippen LogP contribution in [0.25, 0.3) is 0 Å². The Hall–Kier alpha value is -2.18. The molecule has 4 saturated carbocycles. The van der Waals surface area contributed by atoms with E-state index in [0.717, 1.165) is 47.1 Å². The van der Waals surface area contributed by atoms with Crippen molar-refractivity contribution in [1.29, 1.82) is 0 Å². The number of pyridine rings is 1. The molecule has 26 heavy (non-hydrogen) atoms. The summed E-state index contributed by atoms with van der Waals surface area (Å²) in [4.78, 5) is 34.2. The van der Waals surface area contributed by atoms with Crippen LogP contribution < -0.4 is 10.9 Å². The normalized spacial score (nSPS) is 31.8. The summed E-state index contributed by atoms with van der Waals surface area (Å²) in [6, 6.07) is 2.28. The van der Waals surface area contributed by atoms with Gasteiger partial charge in [-0.05, 0) is 68.1 Å². The maximum atomic E-state index is 12.2. The highest BCUT2D eigenvalue weighted by molar-refractivity contribution is 5.75. The van der Waals surface area contributed by atoms with E-state index >= 15 is 0 Å². The zero-order chi connectivity index (χ0) is 18.3. The Bertz CT molecular complexity index is 750. The van der Waals surface area contributed by atoms with Gasteiger partial charge in [0.25, 0.3) is 11.2 Å². The first-order valence-electron chi connectivity index (χ1n) is 9.54. The molecule has 0 unspecified atom stereocenters. The van der Waals surface area contributed by atoms with E-state index in [-0.39, 0.29) is 18.1 Å². The van der Waals surface area contributed by atoms with Crippen LogP contribution in [0, 0.1) is 33.3 Å². The molecule has 1 aromatic heterocycles. The third-order valence-corrected chi connectivity index (χ3v) is 6.64. The molecule has 4 aliphatic rings. The third-order valence-electron chi connectivity index (χ3n) is 6.64. The van der Waals surface area contributed by atoms with Crippen LogP contribution in [0.15, 0.2) is 23.1 Å². The van der Waals surface area contributed by atoms with Gasteiger partial charge in [-0.2, -0.15) is 0 Å². The molecule has 0 atom stereocenters. The summed E-state index contributed by atoms with van der Waals surface area (Å²) in [5.74, 6) is 2.40. The summed E-state index contributed by atoms with van der Waals surface area (Å²) in [5, 5.41) is 13.7. The van der Waals surface area contributed by atoms with Crippen molar-refractivity contribution in [2.75, 3.05) is 6.54 Å². The Morgan fingerprint density at radius 3 is 2.38 bits per heavy atom. The van der Waals surface area contributed by atoms with Crippen LogP contribution in [-0.2, 0) is 11.3 Å². The van der Waals surface area contributed by atoms with Crippen molar-refractivity contribution in [2.45, 2.75) is 51.5 Å². The average Bonchev–Trinajstić information content (AvgIpc) is 2.55. The molecule has 7 nitrogen and oxygen atoms in total. The molecule has 0 aromatic carbocycles. The Labute approximate surface area is 151 Å². The van der Waals surface area contributed by atoms with Crippen LogP contribution in [0.4, 0.5) is 5.69 Å². The molecule has 1 aromatic rings. The fourth-order valence-electron chi connectivity index (χ4n) is 6.02. The highest BCUT2D eigenvalue weighted by Crippen LogP contribution is 2.61. The summed E-state index contributed by atoms with van der Waals surface area (Å²) in [6.07, 6.45) is 10.3. The van der Waals surface area contributed by atoms with Gasteiger partial charge in [0.1, 0.15) is 6.54 Å². The van der Waals surface area contributed by atoms with Gasteiger partial charge in [-0.25, -0.2) is 0 Å². The molecule has 4 bridgehead atoms. The molecular formula is C19H25N3O4. The van der Waals surface area contributed by atoms with Crippen LogP contribution in [0.5, 0.6) is 0 Å². The second-order valence-corrected chi connectivity index (χ2v) is 8.63. The largest absolute Gasteiger partial charge is 0.355 e. The average molecular weight is 359 g/mol. The number of nitro groups is 1. The van der Waals surface area contributed by atoms with Gasteiger partial charge >= 0.3 is 0 Å². The minimum atomic E-state index is -0.569. The first-order chi connectivity index (χ1) is 12.4. The zero-order valence-corrected chi connectivity index (χ0v) is 14.9. The highest BCUT2D eigenvalue weighted by atomic mass is 16.6. The molecule has 0 spiro atoms. The number of hydrogen-bond acceptors (Lipinski definition) is 4. The van der Waals surface area contributed by atoms with Gasteiger partial charge in [-0.3, -0.25) is 24.3 Å². The number of nitrogens with zero attached hydrogens (tertiary/aromatic N) is 2. The SMILES string of the molecule is O=C(Cn1cc([N+](=O)[O-])ccc1=O)NCCC12CC3CC(CC(C3)C1)C2. The fraction of sp³-hybridized carbons (Fsp3) is 0.684. The van der Waals surface area contributed by atoms with E-state index in [1.165, 1.54) is 38.5 Å². The first kappa shape index (κ1) is 17.2. The lowest BCUT2D eigenvalue weighted by Crippen LogP contribution is -2.47. The summed E-state index contributed by atoms with van der Waals surface area (Å²) >= 11 is 0. The van der Waals surface area contributed by atoms with E-state index in [1.54, 1.807) is 0 Å². The van der Waals surface area contributed by atoms with Gasteiger partial charge in [0.05, 0.1) is 11.1 Å². The van der Waals surface area contributed by atoms with Gasteiger partial charge in [0, 0.05) is 18.7 Å². The number of carbonyl (C=O) groups excluding carboxylic acids is 1. The maximum Gasteiger partial charge on any atom is 0.285 e. The molecule has 140 valence electrons. The fourth-order valence-corrected chi connectivity index (χ4v) is 6.02. The predicted molar refractivity (Wildman–Crippen MR) is 95.6 cm³/mol. The van der Waals surface area contributed by atoms with E-state index in [4.69, 9.17) is 0 Å². The van der Waals surface area contributed by atoms with Crippen LogP contribution in [0.2, 0.25) is 0 Å². The molecule has 7 heteroatoms. The number of rotatable bonds is 6. The Morgan fingerprint density at radius 2 is 1.81 bits per heavy atom. The number of hydrogen-bond donors (Lipinski definition) is 1. The molecule has 5 rings (SSSR count). The maximum absolute atomic E-state index is 12.2. The zero-order valence-electron chi connectivity index (χ0n) is 14.9. The summed E-state index contributed by atoms with van der Waals surface area (Å²) < 4.78 is 1.10. The molecule has 4 fully saturated rings. The second kappa shape index (κ2) is 6.52. The van der Waals surface area contributed by atoms with Crippen LogP contribution in [-0.4, -0.2) is 21.9 Å². The smallest absolute Gasteiger partial charge is 0.285 e. The molecule has 1 N–H and O–H groups in total. The van der Waals surface area contributed by atoms with E-state index in [1.807, 2.05) is 0 Å². The first-order valence-corrected chi connectivity index (χ1v) is 9.54. The molecule has 1 amide bonds. The third kappa shape index (κ3) is 3.39. The van der Waals surface area contributed by atoms with Crippen molar-refractivity contribution in [1.82, 2.24) is 9.88 Å². The van der Waals surface area contributed by atoms with Gasteiger partial charge < -0.3 is 5.32 Å². The summed E-state index contributed by atoms with van der Waals surface area (Å²) in [7, 11) is 0. The topological polar surface area (TPSA) is 94.2 Å². The molecule has 4 aliphatic carbocycles. The van der Waals surface area contributed by atoms with Crippen LogP contribution >= 0.6 is 0 Å². The van der Waals surface area contributed by atoms with Crippen molar-refractivity contribution in [2.24, 2.45) is 23.2 Å². The molecular weight excluding hydrogens is 334 g/mol. The van der Waals surface area contributed by atoms with Gasteiger partial charge in [-0.15, -0.1) is 0 Å². The quantitative estimate of drug-likeness (QED) is 0.623. The monoisotopic (exact) mass is 359 g/mol. The Balaban J connectivity index is 1.32. The lowest BCUT2D eigenvalue weighted by Gasteiger charge is -2.57. The predicted octanol–water partition coefficient (Wildman–Crippen LogP) is 2.48. The number of carbonyl (C=O) groups is 1. The summed E-state index contributed by atoms with van der Waals surface area (Å²) in [6.45, 7) is 0.441. The van der Waals surface area contributed by atoms with Crippen LogP contribution in [0.3, 0.4) is 0 Å². The number of nitrogens with one attached hydrogen (secondary N) is 1. The van der Waals surface area contributed by atoms with Crippen molar-refractivity contribution < 1.29 is 9.72 Å².